The summed E-state index contributed by atoms with van der Waals surface area (Å²) in [6.45, 7) is 7.78. The standard InChI is InChI=1S/C12H19N5O/c1-7(2)10-14-11(16-15-10)12(18)17-5-8-3-13-4-9(8)6-17/h7-9,13H,3-6H2,1-2H3,(H,14,15,16). The van der Waals surface area contributed by atoms with Crippen molar-refractivity contribution in [1.82, 2.24) is 25.4 Å². The molecule has 6 nitrogen and oxygen atoms in total. The fourth-order valence-corrected chi connectivity index (χ4v) is 2.79. The first kappa shape index (κ1) is 11.6. The molecule has 6 heteroatoms. The van der Waals surface area contributed by atoms with Crippen LogP contribution in [0.15, 0.2) is 0 Å². The van der Waals surface area contributed by atoms with E-state index in [1.165, 1.54) is 0 Å². The lowest BCUT2D eigenvalue weighted by atomic mass is 10.0. The predicted octanol–water partition coefficient (Wildman–Crippen LogP) is 0.220. The highest BCUT2D eigenvalue weighted by molar-refractivity contribution is 5.90. The molecule has 2 fully saturated rings. The summed E-state index contributed by atoms with van der Waals surface area (Å²) in [5.41, 5.74) is 0. The van der Waals surface area contributed by atoms with Crippen molar-refractivity contribution in [2.75, 3.05) is 26.2 Å². The monoisotopic (exact) mass is 249 g/mol. The molecule has 0 bridgehead atoms. The van der Waals surface area contributed by atoms with Gasteiger partial charge in [-0.1, -0.05) is 13.8 Å². The number of hydrogen-bond donors (Lipinski definition) is 2. The number of rotatable bonds is 2. The van der Waals surface area contributed by atoms with Gasteiger partial charge < -0.3 is 10.2 Å². The van der Waals surface area contributed by atoms with Gasteiger partial charge in [-0.05, 0) is 11.8 Å². The van der Waals surface area contributed by atoms with Gasteiger partial charge in [-0.2, -0.15) is 0 Å². The first-order valence-electron chi connectivity index (χ1n) is 6.57. The summed E-state index contributed by atoms with van der Waals surface area (Å²) in [7, 11) is 0. The number of hydrogen-bond acceptors (Lipinski definition) is 4. The lowest BCUT2D eigenvalue weighted by molar-refractivity contribution is 0.0770. The molecule has 2 aliphatic rings. The second kappa shape index (κ2) is 4.35. The van der Waals surface area contributed by atoms with E-state index in [1.54, 1.807) is 0 Å². The van der Waals surface area contributed by atoms with Crippen molar-refractivity contribution in [3.05, 3.63) is 11.6 Å². The molecule has 0 spiro atoms. The van der Waals surface area contributed by atoms with Gasteiger partial charge in [0.05, 0.1) is 0 Å². The van der Waals surface area contributed by atoms with Gasteiger partial charge in [-0.25, -0.2) is 4.98 Å². The van der Waals surface area contributed by atoms with Crippen molar-refractivity contribution >= 4 is 5.91 Å². The number of aromatic nitrogens is 3. The fraction of sp³-hybridized carbons (Fsp3) is 0.750. The van der Waals surface area contributed by atoms with Gasteiger partial charge in [0.2, 0.25) is 5.82 Å². The van der Waals surface area contributed by atoms with Crippen LogP contribution in [0.2, 0.25) is 0 Å². The molecule has 2 N–H and O–H groups in total. The molecule has 3 rings (SSSR count). The first-order valence-corrected chi connectivity index (χ1v) is 6.57. The van der Waals surface area contributed by atoms with Crippen LogP contribution in [0.1, 0.15) is 36.2 Å². The first-order chi connectivity index (χ1) is 8.65. The van der Waals surface area contributed by atoms with E-state index >= 15 is 0 Å². The largest absolute Gasteiger partial charge is 0.335 e. The molecule has 1 aromatic rings. The van der Waals surface area contributed by atoms with Crippen molar-refractivity contribution in [2.24, 2.45) is 11.8 Å². The van der Waals surface area contributed by atoms with Crippen LogP contribution in [0, 0.1) is 11.8 Å². The Balaban J connectivity index is 1.71. The molecule has 2 unspecified atom stereocenters. The highest BCUT2D eigenvalue weighted by atomic mass is 16.2. The van der Waals surface area contributed by atoms with Gasteiger partial charge in [0.15, 0.2) is 0 Å². The van der Waals surface area contributed by atoms with Crippen LogP contribution in [-0.4, -0.2) is 52.2 Å². The number of nitrogens with zero attached hydrogens (tertiary/aromatic N) is 3. The summed E-state index contributed by atoms with van der Waals surface area (Å²) in [6, 6.07) is 0. The van der Waals surface area contributed by atoms with Crippen LogP contribution in [-0.2, 0) is 0 Å². The number of amides is 1. The third-order valence-electron chi connectivity index (χ3n) is 3.92. The molecular weight excluding hydrogens is 230 g/mol. The molecule has 3 heterocycles. The van der Waals surface area contributed by atoms with Crippen molar-refractivity contribution < 1.29 is 4.79 Å². The van der Waals surface area contributed by atoms with Gasteiger partial charge in [0, 0.05) is 32.1 Å². The number of likely N-dealkylation sites (tertiary alicyclic amines) is 1. The molecule has 18 heavy (non-hydrogen) atoms. The molecule has 98 valence electrons. The number of carbonyl (C=O) groups is 1. The van der Waals surface area contributed by atoms with E-state index in [4.69, 9.17) is 0 Å². The minimum Gasteiger partial charge on any atom is -0.335 e. The van der Waals surface area contributed by atoms with Crippen LogP contribution < -0.4 is 5.32 Å². The minimum absolute atomic E-state index is 0.0347. The maximum atomic E-state index is 12.3. The molecule has 0 aliphatic carbocycles. The summed E-state index contributed by atoms with van der Waals surface area (Å²) in [6.07, 6.45) is 0. The number of nitrogens with one attached hydrogen (secondary N) is 2. The second-order valence-electron chi connectivity index (χ2n) is 5.59. The van der Waals surface area contributed by atoms with Gasteiger partial charge >= 0.3 is 0 Å². The van der Waals surface area contributed by atoms with Crippen molar-refractivity contribution in [3.63, 3.8) is 0 Å². The SMILES string of the molecule is CC(C)c1nc(C(=O)N2CC3CNCC3C2)n[nH]1. The Hall–Kier alpha value is -1.43. The highest BCUT2D eigenvalue weighted by Crippen LogP contribution is 2.27. The lowest BCUT2D eigenvalue weighted by Crippen LogP contribution is -2.32. The molecule has 2 aliphatic heterocycles. The van der Waals surface area contributed by atoms with Gasteiger partial charge in [-0.3, -0.25) is 9.89 Å². The molecule has 0 saturated carbocycles. The molecule has 2 saturated heterocycles. The van der Waals surface area contributed by atoms with E-state index in [1.807, 2.05) is 18.7 Å². The number of H-pyrrole nitrogens is 1. The van der Waals surface area contributed by atoms with Crippen LogP contribution in [0.4, 0.5) is 0 Å². The van der Waals surface area contributed by atoms with E-state index in [0.717, 1.165) is 32.0 Å². The smallest absolute Gasteiger partial charge is 0.293 e. The van der Waals surface area contributed by atoms with Crippen LogP contribution in [0.5, 0.6) is 0 Å². The average Bonchev–Trinajstić information content (AvgIpc) is 3.02. The Labute approximate surface area is 106 Å². The van der Waals surface area contributed by atoms with Crippen LogP contribution in [0.3, 0.4) is 0 Å². The Morgan fingerprint density at radius 1 is 1.33 bits per heavy atom. The van der Waals surface area contributed by atoms with Crippen LogP contribution >= 0.6 is 0 Å². The Morgan fingerprint density at radius 3 is 2.56 bits per heavy atom. The van der Waals surface area contributed by atoms with E-state index in [-0.39, 0.29) is 11.8 Å². The number of carbonyl (C=O) groups excluding carboxylic acids is 1. The second-order valence-corrected chi connectivity index (χ2v) is 5.59. The topological polar surface area (TPSA) is 73.9 Å². The number of aromatic amines is 1. The third-order valence-corrected chi connectivity index (χ3v) is 3.92. The predicted molar refractivity (Wildman–Crippen MR) is 66.2 cm³/mol. The van der Waals surface area contributed by atoms with Gasteiger partial charge in [0.1, 0.15) is 5.82 Å². The fourth-order valence-electron chi connectivity index (χ4n) is 2.79. The Bertz CT molecular complexity index is 443. The van der Waals surface area contributed by atoms with Crippen molar-refractivity contribution in [2.45, 2.75) is 19.8 Å². The van der Waals surface area contributed by atoms with E-state index in [2.05, 4.69) is 20.5 Å². The maximum Gasteiger partial charge on any atom is 0.293 e. The van der Waals surface area contributed by atoms with E-state index in [9.17, 15) is 4.79 Å². The zero-order valence-corrected chi connectivity index (χ0v) is 10.8. The Morgan fingerprint density at radius 2 is 2.00 bits per heavy atom. The zero-order chi connectivity index (χ0) is 12.7. The summed E-state index contributed by atoms with van der Waals surface area (Å²) in [5, 5.41) is 10.2. The molecular formula is C12H19N5O. The molecule has 0 radical (unpaired) electrons. The highest BCUT2D eigenvalue weighted by Gasteiger charge is 2.39. The summed E-state index contributed by atoms with van der Waals surface area (Å²) in [5.74, 6) is 2.54. The minimum atomic E-state index is -0.0347. The molecule has 1 amide bonds. The Kier molecular flexibility index (Phi) is 2.81. The number of fused-ring (bicyclic) bond motifs is 1. The molecule has 0 aromatic carbocycles. The quantitative estimate of drug-likeness (QED) is 0.786. The zero-order valence-electron chi connectivity index (χ0n) is 10.8. The van der Waals surface area contributed by atoms with Crippen molar-refractivity contribution in [1.29, 1.82) is 0 Å². The molecule has 2 atom stereocenters. The lowest BCUT2D eigenvalue weighted by Gasteiger charge is -2.15. The molecule has 1 aromatic heterocycles. The van der Waals surface area contributed by atoms with Crippen molar-refractivity contribution in [3.8, 4) is 0 Å². The van der Waals surface area contributed by atoms with E-state index < -0.39 is 0 Å². The summed E-state index contributed by atoms with van der Waals surface area (Å²) in [4.78, 5) is 18.4. The van der Waals surface area contributed by atoms with Gasteiger partial charge in [0.25, 0.3) is 5.91 Å². The maximum absolute atomic E-state index is 12.3. The summed E-state index contributed by atoms with van der Waals surface area (Å²) < 4.78 is 0. The summed E-state index contributed by atoms with van der Waals surface area (Å²) >= 11 is 0. The van der Waals surface area contributed by atoms with E-state index in [0.29, 0.717) is 17.7 Å². The normalized spacial score (nSPS) is 26.9. The third kappa shape index (κ3) is 1.90. The average molecular weight is 249 g/mol. The van der Waals surface area contributed by atoms with Crippen LogP contribution in [0.25, 0.3) is 0 Å². The van der Waals surface area contributed by atoms with Gasteiger partial charge in [-0.15, -0.1) is 5.10 Å².